The predicted octanol–water partition coefficient (Wildman–Crippen LogP) is 3.12. The van der Waals surface area contributed by atoms with Crippen LogP contribution in [0.2, 0.25) is 0 Å². The van der Waals surface area contributed by atoms with Crippen molar-refractivity contribution in [3.63, 3.8) is 0 Å². The van der Waals surface area contributed by atoms with Crippen LogP contribution in [-0.2, 0) is 53.2 Å². The number of carbonyl (C=O) groups is 5. The Morgan fingerprint density at radius 3 is 1.54 bits per heavy atom. The monoisotopic (exact) mass is 562 g/mol. The molecular weight excluding hydrogens is 532 g/mol. The number of hydrogen-bond acceptors (Lipinski definition) is 8. The number of esters is 2. The quantitative estimate of drug-likeness (QED) is 0.198. The van der Waals surface area contributed by atoms with Crippen molar-refractivity contribution in [2.45, 2.75) is 44.7 Å². The first-order valence-electron chi connectivity index (χ1n) is 12.7. The molecule has 0 heterocycles. The normalized spacial score (nSPS) is 11.8. The van der Waals surface area contributed by atoms with Crippen LogP contribution in [0.5, 0.6) is 0 Å². The lowest BCUT2D eigenvalue weighted by atomic mass is 10.1. The lowest BCUT2D eigenvalue weighted by molar-refractivity contribution is -0.153. The van der Waals surface area contributed by atoms with Gasteiger partial charge in [0.05, 0.1) is 12.8 Å². The fourth-order valence-corrected chi connectivity index (χ4v) is 3.55. The zero-order chi connectivity index (χ0) is 29.5. The predicted molar refractivity (Wildman–Crippen MR) is 145 cm³/mol. The molecule has 0 radical (unpaired) electrons. The van der Waals surface area contributed by atoms with E-state index in [9.17, 15) is 29.1 Å². The van der Waals surface area contributed by atoms with Gasteiger partial charge in [-0.2, -0.15) is 0 Å². The van der Waals surface area contributed by atoms with Crippen LogP contribution in [0.25, 0.3) is 0 Å². The number of alkyl carbamates (subject to hydrolysis) is 1. The minimum absolute atomic E-state index is 0.0695. The Morgan fingerprint density at radius 1 is 0.585 bits per heavy atom. The third kappa shape index (κ3) is 11.2. The molecule has 0 fully saturated rings. The highest BCUT2D eigenvalue weighted by Gasteiger charge is 2.31. The van der Waals surface area contributed by atoms with Gasteiger partial charge in [-0.3, -0.25) is 14.4 Å². The lowest BCUT2D eigenvalue weighted by Gasteiger charge is -2.21. The minimum Gasteiger partial charge on any atom is -0.481 e. The molecule has 11 nitrogen and oxygen atoms in total. The average Bonchev–Trinajstić information content (AvgIpc) is 2.98. The molecule has 0 aliphatic carbocycles. The van der Waals surface area contributed by atoms with Crippen LogP contribution in [0.4, 0.5) is 4.79 Å². The first-order chi connectivity index (χ1) is 19.8. The van der Waals surface area contributed by atoms with Crippen molar-refractivity contribution >= 4 is 29.9 Å². The number of aliphatic carboxylic acids is 1. The SMILES string of the molecule is O=C(O)C[C@@H](NC(=O)[C@@H](CC(=O)OCc1ccccc1)NC(=O)OCc1ccccc1)C(=O)OCc1ccccc1. The molecule has 0 saturated carbocycles. The van der Waals surface area contributed by atoms with Gasteiger partial charge in [0.2, 0.25) is 5.91 Å². The fourth-order valence-electron chi connectivity index (χ4n) is 3.55. The Kier molecular flexibility index (Phi) is 11.9. The van der Waals surface area contributed by atoms with Crippen molar-refractivity contribution in [1.29, 1.82) is 0 Å². The zero-order valence-electron chi connectivity index (χ0n) is 22.1. The van der Waals surface area contributed by atoms with E-state index in [2.05, 4.69) is 10.6 Å². The highest BCUT2D eigenvalue weighted by Crippen LogP contribution is 2.08. The van der Waals surface area contributed by atoms with Crippen molar-refractivity contribution in [3.05, 3.63) is 108 Å². The average molecular weight is 563 g/mol. The first-order valence-corrected chi connectivity index (χ1v) is 12.7. The molecular formula is C30H30N2O9. The second-order valence-electron chi connectivity index (χ2n) is 8.86. The number of benzene rings is 3. The first kappa shape index (κ1) is 30.4. The molecule has 41 heavy (non-hydrogen) atoms. The molecule has 3 N–H and O–H groups in total. The molecule has 0 spiro atoms. The second kappa shape index (κ2) is 16.0. The van der Waals surface area contributed by atoms with E-state index >= 15 is 0 Å². The van der Waals surface area contributed by atoms with Crippen LogP contribution in [0.1, 0.15) is 29.5 Å². The van der Waals surface area contributed by atoms with Gasteiger partial charge < -0.3 is 30.0 Å². The summed E-state index contributed by atoms with van der Waals surface area (Å²) in [6.45, 7) is -0.322. The van der Waals surface area contributed by atoms with Crippen LogP contribution in [-0.4, -0.2) is 47.1 Å². The maximum atomic E-state index is 13.1. The Hall–Kier alpha value is -5.19. The van der Waals surface area contributed by atoms with E-state index in [0.29, 0.717) is 16.7 Å². The summed E-state index contributed by atoms with van der Waals surface area (Å²) >= 11 is 0. The Morgan fingerprint density at radius 2 is 1.05 bits per heavy atom. The third-order valence-corrected chi connectivity index (χ3v) is 5.64. The molecule has 3 aromatic rings. The van der Waals surface area contributed by atoms with Crippen LogP contribution in [0, 0.1) is 0 Å². The largest absolute Gasteiger partial charge is 0.481 e. The van der Waals surface area contributed by atoms with Crippen molar-refractivity contribution < 1.29 is 43.3 Å². The molecule has 0 aromatic heterocycles. The van der Waals surface area contributed by atoms with Crippen molar-refractivity contribution in [1.82, 2.24) is 10.6 Å². The number of carbonyl (C=O) groups excluding carboxylic acids is 4. The highest BCUT2D eigenvalue weighted by molar-refractivity contribution is 5.93. The number of ether oxygens (including phenoxy) is 3. The van der Waals surface area contributed by atoms with E-state index < -0.39 is 54.8 Å². The van der Waals surface area contributed by atoms with Gasteiger partial charge >= 0.3 is 24.0 Å². The number of amides is 2. The summed E-state index contributed by atoms with van der Waals surface area (Å²) in [6, 6.07) is 23.1. The van der Waals surface area contributed by atoms with E-state index in [0.717, 1.165) is 0 Å². The highest BCUT2D eigenvalue weighted by atomic mass is 16.6. The van der Waals surface area contributed by atoms with Gasteiger partial charge in [-0.25, -0.2) is 9.59 Å². The van der Waals surface area contributed by atoms with E-state index in [4.69, 9.17) is 14.2 Å². The van der Waals surface area contributed by atoms with Crippen LogP contribution in [0.15, 0.2) is 91.0 Å². The van der Waals surface area contributed by atoms with Crippen molar-refractivity contribution in [3.8, 4) is 0 Å². The Bertz CT molecular complexity index is 1240. The number of carboxylic acids is 1. The smallest absolute Gasteiger partial charge is 0.408 e. The van der Waals surface area contributed by atoms with Crippen molar-refractivity contribution in [2.24, 2.45) is 0 Å². The van der Waals surface area contributed by atoms with Crippen LogP contribution >= 0.6 is 0 Å². The van der Waals surface area contributed by atoms with Gasteiger partial charge in [-0.15, -0.1) is 0 Å². The van der Waals surface area contributed by atoms with Gasteiger partial charge in [0.15, 0.2) is 0 Å². The molecule has 3 aromatic carbocycles. The second-order valence-corrected chi connectivity index (χ2v) is 8.86. The number of rotatable bonds is 14. The Labute approximate surface area is 236 Å². The van der Waals surface area contributed by atoms with E-state index in [1.807, 2.05) is 0 Å². The summed E-state index contributed by atoms with van der Waals surface area (Å²) in [5, 5.41) is 13.9. The molecule has 0 aliphatic heterocycles. The standard InChI is InChI=1S/C30H30N2O9/c33-26(34)16-25(29(37)40-19-22-12-6-2-7-13-22)31-28(36)24(17-27(35)39-18-21-10-4-1-5-11-21)32-30(38)41-20-23-14-8-3-9-15-23/h1-15,24-25H,16-20H2,(H,31,36)(H,32,38)(H,33,34)/t24-,25-/m1/s1. The van der Waals surface area contributed by atoms with Gasteiger partial charge in [0, 0.05) is 0 Å². The fraction of sp³-hybridized carbons (Fsp3) is 0.233. The topological polar surface area (TPSA) is 157 Å². The summed E-state index contributed by atoms with van der Waals surface area (Å²) < 4.78 is 15.6. The summed E-state index contributed by atoms with van der Waals surface area (Å²) in [6.07, 6.45) is -2.41. The molecule has 3 rings (SSSR count). The van der Waals surface area contributed by atoms with Gasteiger partial charge in [0.1, 0.15) is 31.9 Å². The Balaban J connectivity index is 1.66. The van der Waals surface area contributed by atoms with E-state index in [1.165, 1.54) is 0 Å². The molecule has 11 heteroatoms. The number of hydrogen-bond donors (Lipinski definition) is 3. The van der Waals surface area contributed by atoms with Gasteiger partial charge in [0.25, 0.3) is 0 Å². The number of nitrogens with one attached hydrogen (secondary N) is 2. The van der Waals surface area contributed by atoms with E-state index in [-0.39, 0.29) is 19.8 Å². The van der Waals surface area contributed by atoms with Crippen molar-refractivity contribution in [2.75, 3.05) is 0 Å². The summed E-state index contributed by atoms with van der Waals surface area (Å²) in [4.78, 5) is 62.3. The molecule has 0 unspecified atom stereocenters. The maximum absolute atomic E-state index is 13.1. The minimum atomic E-state index is -1.59. The summed E-state index contributed by atoms with van der Waals surface area (Å²) in [7, 11) is 0. The molecule has 0 saturated heterocycles. The summed E-state index contributed by atoms with van der Waals surface area (Å²) in [5.41, 5.74) is 2.05. The zero-order valence-corrected chi connectivity index (χ0v) is 22.1. The lowest BCUT2D eigenvalue weighted by Crippen LogP contribution is -2.53. The van der Waals surface area contributed by atoms with Gasteiger partial charge in [-0.1, -0.05) is 91.0 Å². The summed E-state index contributed by atoms with van der Waals surface area (Å²) in [5.74, 6) is -4.19. The van der Waals surface area contributed by atoms with Crippen LogP contribution < -0.4 is 10.6 Å². The van der Waals surface area contributed by atoms with E-state index in [1.54, 1.807) is 91.0 Å². The maximum Gasteiger partial charge on any atom is 0.408 e. The van der Waals surface area contributed by atoms with Crippen LogP contribution in [0.3, 0.4) is 0 Å². The third-order valence-electron chi connectivity index (χ3n) is 5.64. The molecule has 0 aliphatic rings. The molecule has 0 bridgehead atoms. The number of carboxylic acid groups (broad SMARTS) is 1. The van der Waals surface area contributed by atoms with Gasteiger partial charge in [-0.05, 0) is 16.7 Å². The molecule has 214 valence electrons. The molecule has 2 atom stereocenters. The molecule has 2 amide bonds.